The fourth-order valence-electron chi connectivity index (χ4n) is 1.83. The highest BCUT2D eigenvalue weighted by Crippen LogP contribution is 2.34. The maximum atomic E-state index is 5.99. The van der Waals surface area contributed by atoms with E-state index < -0.39 is 0 Å². The van der Waals surface area contributed by atoms with E-state index in [1.165, 1.54) is 24.6 Å². The van der Waals surface area contributed by atoms with E-state index >= 15 is 0 Å². The zero-order chi connectivity index (χ0) is 13.4. The van der Waals surface area contributed by atoms with Gasteiger partial charge in [-0.1, -0.05) is 23.4 Å². The average Bonchev–Trinajstić information content (AvgIpc) is 3.20. The van der Waals surface area contributed by atoms with Gasteiger partial charge in [0.1, 0.15) is 16.4 Å². The summed E-state index contributed by atoms with van der Waals surface area (Å²) in [5.74, 6) is 1.23. The third-order valence-corrected chi connectivity index (χ3v) is 3.63. The maximum absolute atomic E-state index is 5.99. The molecule has 0 amide bonds. The third-order valence-electron chi connectivity index (χ3n) is 2.89. The van der Waals surface area contributed by atoms with Gasteiger partial charge < -0.3 is 10.1 Å². The number of nitrogens with one attached hydrogen (secondary N) is 1. The Morgan fingerprint density at radius 3 is 2.79 bits per heavy atom. The van der Waals surface area contributed by atoms with Gasteiger partial charge in [-0.15, -0.1) is 0 Å². The lowest BCUT2D eigenvalue weighted by atomic mass is 10.3. The number of nitrogens with zero attached hydrogens (tertiary/aromatic N) is 3. The number of aromatic nitrogens is 3. The first kappa shape index (κ1) is 12.7. The summed E-state index contributed by atoms with van der Waals surface area (Å²) < 4.78 is 5.30. The van der Waals surface area contributed by atoms with Gasteiger partial charge in [0.25, 0.3) is 0 Å². The summed E-state index contributed by atoms with van der Waals surface area (Å²) in [7, 11) is 1.57. The van der Waals surface area contributed by atoms with Crippen LogP contribution in [0.2, 0.25) is 5.15 Å². The Morgan fingerprint density at radius 1 is 1.37 bits per heavy atom. The number of anilines is 1. The summed E-state index contributed by atoms with van der Waals surface area (Å²) in [4.78, 5) is 13.2. The Hall–Kier alpha value is -1.27. The van der Waals surface area contributed by atoms with Gasteiger partial charge in [0.15, 0.2) is 5.16 Å². The van der Waals surface area contributed by atoms with Crippen molar-refractivity contribution >= 4 is 40.1 Å². The second-order valence-corrected chi connectivity index (χ2v) is 5.49. The molecular formula is C12H13ClN4OS. The van der Waals surface area contributed by atoms with Crippen LogP contribution in [0, 0.1) is 0 Å². The topological polar surface area (TPSA) is 59.9 Å². The second kappa shape index (κ2) is 5.02. The van der Waals surface area contributed by atoms with Gasteiger partial charge in [0.2, 0.25) is 5.88 Å². The summed E-state index contributed by atoms with van der Waals surface area (Å²) >= 11 is 7.49. The number of thioether (sulfide) groups is 1. The second-order valence-electron chi connectivity index (χ2n) is 4.33. The van der Waals surface area contributed by atoms with E-state index in [4.69, 9.17) is 16.3 Å². The van der Waals surface area contributed by atoms with Gasteiger partial charge in [0.05, 0.1) is 12.6 Å². The predicted molar refractivity (Wildman–Crippen MR) is 77.3 cm³/mol. The fraction of sp³-hybridized carbons (Fsp3) is 0.417. The smallest absolute Gasteiger partial charge is 0.227 e. The highest BCUT2D eigenvalue weighted by molar-refractivity contribution is 7.98. The Kier molecular flexibility index (Phi) is 3.36. The molecule has 5 nitrogen and oxygen atoms in total. The minimum atomic E-state index is 0.368. The summed E-state index contributed by atoms with van der Waals surface area (Å²) in [5.41, 5.74) is 0.749. The van der Waals surface area contributed by atoms with E-state index in [2.05, 4.69) is 20.3 Å². The van der Waals surface area contributed by atoms with E-state index in [1.807, 2.05) is 6.26 Å². The van der Waals surface area contributed by atoms with Crippen LogP contribution in [0.4, 0.5) is 5.82 Å². The number of ether oxygens (including phenoxy) is 1. The zero-order valence-corrected chi connectivity index (χ0v) is 12.2. The average molecular weight is 297 g/mol. The summed E-state index contributed by atoms with van der Waals surface area (Å²) in [5, 5.41) is 5.27. The molecule has 19 heavy (non-hydrogen) atoms. The first-order valence-electron chi connectivity index (χ1n) is 5.94. The van der Waals surface area contributed by atoms with Crippen molar-refractivity contribution in [2.24, 2.45) is 0 Å². The molecule has 1 N–H and O–H groups in total. The highest BCUT2D eigenvalue weighted by atomic mass is 35.5. The molecule has 1 aliphatic carbocycles. The molecule has 0 spiro atoms. The van der Waals surface area contributed by atoms with Crippen LogP contribution in [0.25, 0.3) is 10.9 Å². The lowest BCUT2D eigenvalue weighted by Crippen LogP contribution is -2.06. The number of rotatable bonds is 4. The van der Waals surface area contributed by atoms with E-state index in [1.54, 1.807) is 13.2 Å². The molecule has 0 aliphatic heterocycles. The van der Waals surface area contributed by atoms with Crippen molar-refractivity contribution in [1.29, 1.82) is 0 Å². The number of methoxy groups -OCH3 is 1. The molecule has 0 bridgehead atoms. The number of halogens is 1. The molecule has 100 valence electrons. The number of hydrogen-bond acceptors (Lipinski definition) is 6. The Labute approximate surface area is 120 Å². The van der Waals surface area contributed by atoms with Gasteiger partial charge in [-0.25, -0.2) is 15.0 Å². The van der Waals surface area contributed by atoms with E-state index in [-0.39, 0.29) is 0 Å². The lowest BCUT2D eigenvalue weighted by molar-refractivity contribution is 0.403. The SMILES string of the molecule is COc1nc(Cl)cc2nc(SC)nc(NC3CC3)c12. The van der Waals surface area contributed by atoms with Crippen LogP contribution in [0.1, 0.15) is 12.8 Å². The Bertz CT molecular complexity index is 633. The van der Waals surface area contributed by atoms with Gasteiger partial charge in [-0.2, -0.15) is 0 Å². The van der Waals surface area contributed by atoms with Crippen molar-refractivity contribution in [2.75, 3.05) is 18.7 Å². The minimum absolute atomic E-state index is 0.368. The molecule has 0 atom stereocenters. The van der Waals surface area contributed by atoms with Crippen molar-refractivity contribution in [3.63, 3.8) is 0 Å². The molecule has 1 fully saturated rings. The largest absolute Gasteiger partial charge is 0.480 e. The maximum Gasteiger partial charge on any atom is 0.227 e. The van der Waals surface area contributed by atoms with Crippen molar-refractivity contribution in [3.8, 4) is 5.88 Å². The van der Waals surface area contributed by atoms with Gasteiger partial charge >= 0.3 is 0 Å². The normalized spacial score (nSPS) is 14.7. The van der Waals surface area contributed by atoms with Crippen LogP contribution < -0.4 is 10.1 Å². The first-order valence-corrected chi connectivity index (χ1v) is 7.54. The predicted octanol–water partition coefficient (Wildman–Crippen LogP) is 2.98. The summed E-state index contributed by atoms with van der Waals surface area (Å²) in [6, 6.07) is 2.23. The molecule has 7 heteroatoms. The van der Waals surface area contributed by atoms with E-state index in [0.717, 1.165) is 16.7 Å². The van der Waals surface area contributed by atoms with Gasteiger partial charge in [-0.05, 0) is 19.1 Å². The van der Waals surface area contributed by atoms with Gasteiger partial charge in [0, 0.05) is 12.1 Å². The molecule has 0 unspecified atom stereocenters. The molecule has 3 rings (SSSR count). The van der Waals surface area contributed by atoms with Crippen LogP contribution in [-0.4, -0.2) is 34.4 Å². The molecule has 2 aromatic rings. The molecule has 1 saturated carbocycles. The Balaban J connectivity index is 2.23. The monoisotopic (exact) mass is 296 g/mol. The van der Waals surface area contributed by atoms with Crippen LogP contribution in [0.3, 0.4) is 0 Å². The molecular weight excluding hydrogens is 284 g/mol. The van der Waals surface area contributed by atoms with Gasteiger partial charge in [-0.3, -0.25) is 0 Å². The minimum Gasteiger partial charge on any atom is -0.480 e. The zero-order valence-electron chi connectivity index (χ0n) is 10.6. The standard InChI is InChI=1S/C12H13ClN4OS/c1-18-11-9-7(5-8(13)16-11)15-12(19-2)17-10(9)14-6-3-4-6/h5-6H,3-4H2,1-2H3,(H,14,15,17). The molecule has 1 aliphatic rings. The van der Waals surface area contributed by atoms with Crippen LogP contribution in [0.15, 0.2) is 11.2 Å². The third kappa shape index (κ3) is 2.55. The van der Waals surface area contributed by atoms with Crippen LogP contribution in [-0.2, 0) is 0 Å². The molecule has 2 heterocycles. The molecule has 2 aromatic heterocycles. The summed E-state index contributed by atoms with van der Waals surface area (Å²) in [6.07, 6.45) is 4.29. The van der Waals surface area contributed by atoms with Crippen molar-refractivity contribution in [3.05, 3.63) is 11.2 Å². The molecule has 0 saturated heterocycles. The lowest BCUT2D eigenvalue weighted by Gasteiger charge is -2.11. The Morgan fingerprint density at radius 2 is 2.16 bits per heavy atom. The van der Waals surface area contributed by atoms with Crippen LogP contribution in [0.5, 0.6) is 5.88 Å². The van der Waals surface area contributed by atoms with E-state index in [9.17, 15) is 0 Å². The number of fused-ring (bicyclic) bond motifs is 1. The van der Waals surface area contributed by atoms with Crippen LogP contribution >= 0.6 is 23.4 Å². The van der Waals surface area contributed by atoms with Crippen molar-refractivity contribution in [1.82, 2.24) is 15.0 Å². The van der Waals surface area contributed by atoms with E-state index in [0.29, 0.717) is 22.2 Å². The first-order chi connectivity index (χ1) is 9.21. The highest BCUT2D eigenvalue weighted by Gasteiger charge is 2.24. The number of pyridine rings is 1. The van der Waals surface area contributed by atoms with Crippen molar-refractivity contribution in [2.45, 2.75) is 24.0 Å². The number of hydrogen-bond donors (Lipinski definition) is 1. The van der Waals surface area contributed by atoms with Crippen molar-refractivity contribution < 1.29 is 4.74 Å². The molecule has 0 aromatic carbocycles. The molecule has 0 radical (unpaired) electrons. The quantitative estimate of drug-likeness (QED) is 0.532. The summed E-state index contributed by atoms with van der Waals surface area (Å²) in [6.45, 7) is 0. The fourth-order valence-corrected chi connectivity index (χ4v) is 2.39.